The van der Waals surface area contributed by atoms with Gasteiger partial charge in [-0.3, -0.25) is 9.48 Å². The first-order valence-corrected chi connectivity index (χ1v) is 5.70. The molecule has 17 heavy (non-hydrogen) atoms. The second-order valence-corrected chi connectivity index (χ2v) is 4.43. The van der Waals surface area contributed by atoms with Gasteiger partial charge in [0.1, 0.15) is 0 Å². The van der Waals surface area contributed by atoms with E-state index in [9.17, 15) is 4.79 Å². The Kier molecular flexibility index (Phi) is 4.69. The lowest BCUT2D eigenvalue weighted by Gasteiger charge is -2.10. The van der Waals surface area contributed by atoms with Gasteiger partial charge in [-0.1, -0.05) is 0 Å². The number of aromatic nitrogens is 2. The molecule has 0 aliphatic rings. The third kappa shape index (κ3) is 3.56. The van der Waals surface area contributed by atoms with E-state index < -0.39 is 0 Å². The number of ether oxygens (including phenoxy) is 1. The largest absolute Gasteiger partial charge is 0.469 e. The Morgan fingerprint density at radius 2 is 2.06 bits per heavy atom. The van der Waals surface area contributed by atoms with Crippen molar-refractivity contribution in [3.63, 3.8) is 0 Å². The van der Waals surface area contributed by atoms with Crippen LogP contribution < -0.4 is 0 Å². The Bertz CT molecular complexity index is 397. The SMILES string of the molecule is COC(=O)Cc1c(C)nn(CCN(C)C)c1C. The summed E-state index contributed by atoms with van der Waals surface area (Å²) in [6.07, 6.45) is 0.302. The molecular weight excluding hydrogens is 218 g/mol. The van der Waals surface area contributed by atoms with Crippen LogP contribution in [-0.4, -0.2) is 48.4 Å². The monoisotopic (exact) mass is 239 g/mol. The second-order valence-electron chi connectivity index (χ2n) is 4.43. The van der Waals surface area contributed by atoms with Crippen molar-refractivity contribution < 1.29 is 9.53 Å². The molecule has 0 atom stereocenters. The zero-order valence-electron chi connectivity index (χ0n) is 11.3. The van der Waals surface area contributed by atoms with Crippen molar-refractivity contribution in [3.05, 3.63) is 17.0 Å². The summed E-state index contributed by atoms with van der Waals surface area (Å²) in [5.41, 5.74) is 2.94. The van der Waals surface area contributed by atoms with Crippen LogP contribution in [0.4, 0.5) is 0 Å². The van der Waals surface area contributed by atoms with Gasteiger partial charge >= 0.3 is 5.97 Å². The van der Waals surface area contributed by atoms with E-state index in [1.165, 1.54) is 7.11 Å². The molecule has 0 aliphatic carbocycles. The minimum atomic E-state index is -0.219. The third-order valence-corrected chi connectivity index (χ3v) is 2.84. The molecule has 5 nitrogen and oxygen atoms in total. The topological polar surface area (TPSA) is 47.4 Å². The van der Waals surface area contributed by atoms with E-state index in [2.05, 4.69) is 14.7 Å². The van der Waals surface area contributed by atoms with Crippen molar-refractivity contribution in [2.45, 2.75) is 26.8 Å². The lowest BCUT2D eigenvalue weighted by atomic mass is 10.1. The van der Waals surface area contributed by atoms with Crippen LogP contribution in [0.2, 0.25) is 0 Å². The van der Waals surface area contributed by atoms with E-state index in [0.717, 1.165) is 30.0 Å². The number of carbonyl (C=O) groups excluding carboxylic acids is 1. The lowest BCUT2D eigenvalue weighted by Crippen LogP contribution is -2.19. The van der Waals surface area contributed by atoms with Gasteiger partial charge in [-0.2, -0.15) is 5.10 Å². The summed E-state index contributed by atoms with van der Waals surface area (Å²) in [6.45, 7) is 5.69. The van der Waals surface area contributed by atoms with Crippen molar-refractivity contribution in [3.8, 4) is 0 Å². The molecule has 1 aromatic heterocycles. The fourth-order valence-electron chi connectivity index (χ4n) is 1.72. The number of esters is 1. The van der Waals surface area contributed by atoms with E-state index in [0.29, 0.717) is 6.42 Å². The van der Waals surface area contributed by atoms with Gasteiger partial charge in [0.2, 0.25) is 0 Å². The molecule has 0 saturated carbocycles. The lowest BCUT2D eigenvalue weighted by molar-refractivity contribution is -0.139. The van der Waals surface area contributed by atoms with E-state index in [4.69, 9.17) is 0 Å². The van der Waals surface area contributed by atoms with Gasteiger partial charge in [0.15, 0.2) is 0 Å². The molecule has 0 fully saturated rings. The van der Waals surface area contributed by atoms with Crippen LogP contribution in [0.1, 0.15) is 17.0 Å². The van der Waals surface area contributed by atoms with Gasteiger partial charge in [-0.15, -0.1) is 0 Å². The molecule has 0 bridgehead atoms. The highest BCUT2D eigenvalue weighted by atomic mass is 16.5. The molecule has 1 rings (SSSR count). The summed E-state index contributed by atoms with van der Waals surface area (Å²) >= 11 is 0. The minimum Gasteiger partial charge on any atom is -0.469 e. The van der Waals surface area contributed by atoms with Crippen molar-refractivity contribution in [1.82, 2.24) is 14.7 Å². The maximum absolute atomic E-state index is 11.3. The first-order valence-electron chi connectivity index (χ1n) is 5.70. The van der Waals surface area contributed by atoms with Crippen LogP contribution in [0.5, 0.6) is 0 Å². The van der Waals surface area contributed by atoms with Crippen LogP contribution >= 0.6 is 0 Å². The van der Waals surface area contributed by atoms with Gasteiger partial charge < -0.3 is 9.64 Å². The third-order valence-electron chi connectivity index (χ3n) is 2.84. The summed E-state index contributed by atoms with van der Waals surface area (Å²) in [6, 6.07) is 0. The van der Waals surface area contributed by atoms with Crippen molar-refractivity contribution >= 4 is 5.97 Å². The van der Waals surface area contributed by atoms with Gasteiger partial charge in [0, 0.05) is 17.8 Å². The molecule has 0 unspecified atom stereocenters. The standard InChI is InChI=1S/C12H21N3O2/c1-9-11(8-12(16)17-5)10(2)15(13-9)7-6-14(3)4/h6-8H2,1-5H3. The van der Waals surface area contributed by atoms with E-state index in [1.54, 1.807) is 0 Å². The molecule has 0 N–H and O–H groups in total. The Hall–Kier alpha value is -1.36. The second kappa shape index (κ2) is 5.82. The van der Waals surface area contributed by atoms with Crippen LogP contribution in [0.15, 0.2) is 0 Å². The normalized spacial score (nSPS) is 10.9. The molecular formula is C12H21N3O2. The van der Waals surface area contributed by atoms with Gasteiger partial charge in [-0.25, -0.2) is 0 Å². The van der Waals surface area contributed by atoms with Crippen molar-refractivity contribution in [1.29, 1.82) is 0 Å². The fourth-order valence-corrected chi connectivity index (χ4v) is 1.72. The smallest absolute Gasteiger partial charge is 0.310 e. The molecule has 96 valence electrons. The summed E-state index contributed by atoms with van der Waals surface area (Å²) in [4.78, 5) is 13.4. The highest BCUT2D eigenvalue weighted by Gasteiger charge is 2.14. The number of methoxy groups -OCH3 is 1. The number of carbonyl (C=O) groups is 1. The zero-order chi connectivity index (χ0) is 13.0. The molecule has 0 amide bonds. The zero-order valence-corrected chi connectivity index (χ0v) is 11.3. The molecule has 5 heteroatoms. The van der Waals surface area contributed by atoms with Gasteiger partial charge in [0.25, 0.3) is 0 Å². The number of likely N-dealkylation sites (N-methyl/N-ethyl adjacent to an activating group) is 1. The highest BCUT2D eigenvalue weighted by molar-refractivity contribution is 5.73. The predicted molar refractivity (Wildman–Crippen MR) is 66.0 cm³/mol. The van der Waals surface area contributed by atoms with Crippen molar-refractivity contribution in [2.75, 3.05) is 27.7 Å². The summed E-state index contributed by atoms with van der Waals surface area (Å²) in [7, 11) is 5.46. The number of rotatable bonds is 5. The average Bonchev–Trinajstić information content (AvgIpc) is 2.53. The van der Waals surface area contributed by atoms with Crippen LogP contribution in [0.3, 0.4) is 0 Å². The number of hydrogen-bond acceptors (Lipinski definition) is 4. The van der Waals surface area contributed by atoms with E-state index >= 15 is 0 Å². The van der Waals surface area contributed by atoms with Crippen LogP contribution in [0, 0.1) is 13.8 Å². The Balaban J connectivity index is 2.82. The average molecular weight is 239 g/mol. The molecule has 1 aromatic rings. The van der Waals surface area contributed by atoms with E-state index in [1.807, 2.05) is 32.6 Å². The summed E-state index contributed by atoms with van der Waals surface area (Å²) in [5, 5.41) is 4.45. The molecule has 0 saturated heterocycles. The first kappa shape index (κ1) is 13.7. The number of aryl methyl sites for hydroxylation is 1. The molecule has 1 heterocycles. The molecule has 0 spiro atoms. The predicted octanol–water partition coefficient (Wildman–Crippen LogP) is 0.777. The molecule has 0 aliphatic heterocycles. The molecule has 0 aromatic carbocycles. The van der Waals surface area contributed by atoms with Crippen LogP contribution in [-0.2, 0) is 22.5 Å². The summed E-state index contributed by atoms with van der Waals surface area (Å²) in [5.74, 6) is -0.219. The van der Waals surface area contributed by atoms with Crippen molar-refractivity contribution in [2.24, 2.45) is 0 Å². The van der Waals surface area contributed by atoms with E-state index in [-0.39, 0.29) is 5.97 Å². The Morgan fingerprint density at radius 1 is 1.41 bits per heavy atom. The number of nitrogens with zero attached hydrogens (tertiary/aromatic N) is 3. The molecule has 0 radical (unpaired) electrons. The maximum Gasteiger partial charge on any atom is 0.310 e. The van der Waals surface area contributed by atoms with Gasteiger partial charge in [-0.05, 0) is 27.9 Å². The van der Waals surface area contributed by atoms with Gasteiger partial charge in [0.05, 0.1) is 25.8 Å². The number of hydrogen-bond donors (Lipinski definition) is 0. The fraction of sp³-hybridized carbons (Fsp3) is 0.667. The quantitative estimate of drug-likeness (QED) is 0.712. The minimum absolute atomic E-state index is 0.219. The Morgan fingerprint density at radius 3 is 2.59 bits per heavy atom. The highest BCUT2D eigenvalue weighted by Crippen LogP contribution is 2.14. The maximum atomic E-state index is 11.3. The van der Waals surface area contributed by atoms with Crippen LogP contribution in [0.25, 0.3) is 0 Å². The summed E-state index contributed by atoms with van der Waals surface area (Å²) < 4.78 is 6.64. The Labute approximate surface area is 102 Å². The first-order chi connectivity index (χ1) is 7.95.